The summed E-state index contributed by atoms with van der Waals surface area (Å²) in [5, 5.41) is 3.01. The topological polar surface area (TPSA) is 73.6 Å². The van der Waals surface area contributed by atoms with Crippen molar-refractivity contribution in [3.05, 3.63) is 23.8 Å². The maximum absolute atomic E-state index is 12.1. The lowest BCUT2D eigenvalue weighted by Gasteiger charge is -2.28. The maximum Gasteiger partial charge on any atom is 0.251 e. The average Bonchev–Trinajstić information content (AvgIpc) is 2.38. The van der Waals surface area contributed by atoms with Crippen molar-refractivity contribution in [2.24, 2.45) is 0 Å². The molecule has 0 aliphatic carbocycles. The van der Waals surface area contributed by atoms with Gasteiger partial charge in [-0.2, -0.15) is 0 Å². The van der Waals surface area contributed by atoms with Crippen LogP contribution in [0, 0.1) is 0 Å². The van der Waals surface area contributed by atoms with Gasteiger partial charge in [0.25, 0.3) is 5.91 Å². The number of nitrogen functional groups attached to an aromatic ring is 1. The Morgan fingerprint density at radius 1 is 1.53 bits per heavy atom. The van der Waals surface area contributed by atoms with E-state index in [1.54, 1.807) is 25.3 Å². The summed E-state index contributed by atoms with van der Waals surface area (Å²) in [6.45, 7) is 2.71. The van der Waals surface area contributed by atoms with Crippen LogP contribution in [0.4, 0.5) is 5.69 Å². The molecule has 0 aromatic heterocycles. The molecular formula is C14H20N2O3. The Bertz CT molecular complexity index is 462. The normalized spacial score (nSPS) is 22.8. The molecule has 1 amide bonds. The van der Waals surface area contributed by atoms with Gasteiger partial charge >= 0.3 is 0 Å². The minimum Gasteiger partial charge on any atom is -0.495 e. The molecule has 104 valence electrons. The summed E-state index contributed by atoms with van der Waals surface area (Å²) in [7, 11) is 1.55. The van der Waals surface area contributed by atoms with Gasteiger partial charge in [0.1, 0.15) is 5.75 Å². The van der Waals surface area contributed by atoms with E-state index in [4.69, 9.17) is 15.2 Å². The SMILES string of the molecule is COc1ccc(C(=O)NC2CCOC(C)C2)cc1N. The molecule has 19 heavy (non-hydrogen) atoms. The van der Waals surface area contributed by atoms with Crippen LogP contribution in [0.15, 0.2) is 18.2 Å². The lowest BCUT2D eigenvalue weighted by molar-refractivity contribution is 0.0136. The Labute approximate surface area is 113 Å². The van der Waals surface area contributed by atoms with Crippen LogP contribution >= 0.6 is 0 Å². The summed E-state index contributed by atoms with van der Waals surface area (Å²) in [6, 6.07) is 5.22. The van der Waals surface area contributed by atoms with Crippen molar-refractivity contribution < 1.29 is 14.3 Å². The smallest absolute Gasteiger partial charge is 0.251 e. The first kappa shape index (κ1) is 13.7. The fourth-order valence-corrected chi connectivity index (χ4v) is 2.27. The second-order valence-electron chi connectivity index (χ2n) is 4.83. The van der Waals surface area contributed by atoms with Gasteiger partial charge in [-0.05, 0) is 38.0 Å². The quantitative estimate of drug-likeness (QED) is 0.813. The summed E-state index contributed by atoms with van der Waals surface area (Å²) in [4.78, 5) is 12.1. The first-order valence-corrected chi connectivity index (χ1v) is 6.46. The van der Waals surface area contributed by atoms with E-state index in [0.29, 0.717) is 23.6 Å². The molecule has 1 aliphatic rings. The zero-order chi connectivity index (χ0) is 13.8. The molecule has 1 aromatic carbocycles. The number of carbonyl (C=O) groups excluding carboxylic acids is 1. The number of nitrogens with one attached hydrogen (secondary N) is 1. The third kappa shape index (κ3) is 3.38. The van der Waals surface area contributed by atoms with Gasteiger partial charge in [-0.1, -0.05) is 0 Å². The molecular weight excluding hydrogens is 244 g/mol. The number of hydrogen-bond donors (Lipinski definition) is 2. The molecule has 5 heteroatoms. The first-order chi connectivity index (χ1) is 9.10. The summed E-state index contributed by atoms with van der Waals surface area (Å²) in [6.07, 6.45) is 1.89. The Balaban J connectivity index is 2.01. The molecule has 2 rings (SSSR count). The molecule has 1 heterocycles. The van der Waals surface area contributed by atoms with E-state index in [-0.39, 0.29) is 18.1 Å². The lowest BCUT2D eigenvalue weighted by Crippen LogP contribution is -2.41. The van der Waals surface area contributed by atoms with Crippen LogP contribution < -0.4 is 15.8 Å². The van der Waals surface area contributed by atoms with E-state index in [1.807, 2.05) is 6.92 Å². The van der Waals surface area contributed by atoms with Crippen LogP contribution in [-0.2, 0) is 4.74 Å². The van der Waals surface area contributed by atoms with Crippen LogP contribution in [0.1, 0.15) is 30.1 Å². The third-order valence-corrected chi connectivity index (χ3v) is 3.31. The summed E-state index contributed by atoms with van der Waals surface area (Å²) in [5.74, 6) is 0.477. The molecule has 1 aromatic rings. The number of hydrogen-bond acceptors (Lipinski definition) is 4. The minimum absolute atomic E-state index is 0.103. The molecule has 1 aliphatic heterocycles. The standard InChI is InChI=1S/C14H20N2O3/c1-9-7-11(5-6-19-9)16-14(17)10-3-4-13(18-2)12(15)8-10/h3-4,8-9,11H,5-7,15H2,1-2H3,(H,16,17). The molecule has 0 radical (unpaired) electrons. The number of carbonyl (C=O) groups is 1. The Kier molecular flexibility index (Phi) is 4.27. The number of ether oxygens (including phenoxy) is 2. The average molecular weight is 264 g/mol. The number of methoxy groups -OCH3 is 1. The number of anilines is 1. The van der Waals surface area contributed by atoms with Crippen LogP contribution in [-0.4, -0.2) is 31.8 Å². The molecule has 1 saturated heterocycles. The van der Waals surface area contributed by atoms with Crippen molar-refractivity contribution in [3.63, 3.8) is 0 Å². The third-order valence-electron chi connectivity index (χ3n) is 3.31. The first-order valence-electron chi connectivity index (χ1n) is 6.46. The maximum atomic E-state index is 12.1. The van der Waals surface area contributed by atoms with Crippen LogP contribution in [0.3, 0.4) is 0 Å². The van der Waals surface area contributed by atoms with E-state index in [1.165, 1.54) is 0 Å². The molecule has 3 N–H and O–H groups in total. The molecule has 0 saturated carbocycles. The Morgan fingerprint density at radius 3 is 2.95 bits per heavy atom. The van der Waals surface area contributed by atoms with Crippen molar-refractivity contribution in [1.82, 2.24) is 5.32 Å². The predicted molar refractivity (Wildman–Crippen MR) is 73.3 cm³/mol. The van der Waals surface area contributed by atoms with Crippen molar-refractivity contribution in [2.45, 2.75) is 31.9 Å². The molecule has 2 atom stereocenters. The van der Waals surface area contributed by atoms with Gasteiger partial charge in [-0.25, -0.2) is 0 Å². The highest BCUT2D eigenvalue weighted by Crippen LogP contribution is 2.22. The van der Waals surface area contributed by atoms with Gasteiger partial charge in [-0.15, -0.1) is 0 Å². The fourth-order valence-electron chi connectivity index (χ4n) is 2.27. The van der Waals surface area contributed by atoms with Gasteiger partial charge in [-0.3, -0.25) is 4.79 Å². The van der Waals surface area contributed by atoms with Crippen molar-refractivity contribution in [2.75, 3.05) is 19.5 Å². The monoisotopic (exact) mass is 264 g/mol. The Hall–Kier alpha value is -1.75. The zero-order valence-electron chi connectivity index (χ0n) is 11.3. The molecule has 5 nitrogen and oxygen atoms in total. The van der Waals surface area contributed by atoms with Gasteiger partial charge in [0.05, 0.1) is 18.9 Å². The number of benzene rings is 1. The molecule has 0 bridgehead atoms. The van der Waals surface area contributed by atoms with E-state index in [2.05, 4.69) is 5.32 Å². The van der Waals surface area contributed by atoms with E-state index >= 15 is 0 Å². The highest BCUT2D eigenvalue weighted by atomic mass is 16.5. The highest BCUT2D eigenvalue weighted by molar-refractivity contribution is 5.95. The van der Waals surface area contributed by atoms with Crippen LogP contribution in [0.5, 0.6) is 5.75 Å². The fraction of sp³-hybridized carbons (Fsp3) is 0.500. The van der Waals surface area contributed by atoms with Crippen molar-refractivity contribution >= 4 is 11.6 Å². The predicted octanol–water partition coefficient (Wildman–Crippen LogP) is 1.57. The zero-order valence-corrected chi connectivity index (χ0v) is 11.3. The van der Waals surface area contributed by atoms with E-state index in [9.17, 15) is 4.79 Å². The van der Waals surface area contributed by atoms with Crippen LogP contribution in [0.2, 0.25) is 0 Å². The van der Waals surface area contributed by atoms with E-state index < -0.39 is 0 Å². The summed E-state index contributed by atoms with van der Waals surface area (Å²) in [5.41, 5.74) is 6.82. The van der Waals surface area contributed by atoms with Gasteiger partial charge in [0.15, 0.2) is 0 Å². The largest absolute Gasteiger partial charge is 0.495 e. The summed E-state index contributed by atoms with van der Waals surface area (Å²) < 4.78 is 10.5. The van der Waals surface area contributed by atoms with Crippen molar-refractivity contribution in [1.29, 1.82) is 0 Å². The van der Waals surface area contributed by atoms with Gasteiger partial charge in [0.2, 0.25) is 0 Å². The number of amides is 1. The molecule has 0 spiro atoms. The van der Waals surface area contributed by atoms with E-state index in [0.717, 1.165) is 12.8 Å². The second kappa shape index (κ2) is 5.93. The minimum atomic E-state index is -0.103. The number of rotatable bonds is 3. The summed E-state index contributed by atoms with van der Waals surface area (Å²) >= 11 is 0. The van der Waals surface area contributed by atoms with Gasteiger partial charge < -0.3 is 20.5 Å². The molecule has 1 fully saturated rings. The van der Waals surface area contributed by atoms with Gasteiger partial charge in [0, 0.05) is 18.2 Å². The lowest BCUT2D eigenvalue weighted by atomic mass is 10.0. The Morgan fingerprint density at radius 2 is 2.32 bits per heavy atom. The molecule has 2 unspecified atom stereocenters. The van der Waals surface area contributed by atoms with Crippen LogP contribution in [0.25, 0.3) is 0 Å². The number of nitrogens with two attached hydrogens (primary N) is 1. The van der Waals surface area contributed by atoms with Crippen molar-refractivity contribution in [3.8, 4) is 5.75 Å². The second-order valence-corrected chi connectivity index (χ2v) is 4.83. The highest BCUT2D eigenvalue weighted by Gasteiger charge is 2.21.